The predicted octanol–water partition coefficient (Wildman–Crippen LogP) is 2.64. The molecule has 0 radical (unpaired) electrons. The van der Waals surface area contributed by atoms with Crippen molar-refractivity contribution in [3.63, 3.8) is 0 Å². The smallest absolute Gasteiger partial charge is 0.269 e. The van der Waals surface area contributed by atoms with Gasteiger partial charge in [-0.1, -0.05) is 6.92 Å². The number of benzene rings is 1. The molecule has 0 spiro atoms. The van der Waals surface area contributed by atoms with Crippen LogP contribution in [0, 0.1) is 10.1 Å². The first-order valence-electron chi connectivity index (χ1n) is 5.76. The van der Waals surface area contributed by atoms with Crippen molar-refractivity contribution in [3.05, 3.63) is 33.9 Å². The van der Waals surface area contributed by atoms with E-state index >= 15 is 0 Å². The van der Waals surface area contributed by atoms with Crippen LogP contribution in [0.1, 0.15) is 18.9 Å². The number of rotatable bonds is 7. The molecule has 1 unspecified atom stereocenters. The van der Waals surface area contributed by atoms with Crippen molar-refractivity contribution in [1.29, 1.82) is 0 Å². The molecule has 0 aromatic heterocycles. The van der Waals surface area contributed by atoms with Crippen LogP contribution in [0.2, 0.25) is 0 Å². The zero-order chi connectivity index (χ0) is 13.5. The minimum atomic E-state index is -0.384. The second-order valence-corrected chi connectivity index (χ2v) is 5.41. The molecule has 0 fully saturated rings. The van der Waals surface area contributed by atoms with Gasteiger partial charge in [0.15, 0.2) is 0 Å². The van der Waals surface area contributed by atoms with Crippen molar-refractivity contribution in [1.82, 2.24) is 0 Å². The summed E-state index contributed by atoms with van der Waals surface area (Å²) in [6.07, 6.45) is 0.731. The van der Waals surface area contributed by atoms with E-state index in [2.05, 4.69) is 5.32 Å². The molecule has 1 aromatic rings. The highest BCUT2D eigenvalue weighted by molar-refractivity contribution is 7.99. The molecule has 18 heavy (non-hydrogen) atoms. The molecule has 0 amide bonds. The van der Waals surface area contributed by atoms with Crippen LogP contribution in [0.15, 0.2) is 18.2 Å². The van der Waals surface area contributed by atoms with Gasteiger partial charge in [-0.3, -0.25) is 10.1 Å². The van der Waals surface area contributed by atoms with E-state index in [0.29, 0.717) is 11.0 Å². The fourth-order valence-corrected chi connectivity index (χ4v) is 2.53. The third-order valence-electron chi connectivity index (χ3n) is 2.63. The third kappa shape index (κ3) is 4.19. The molecule has 5 nitrogen and oxygen atoms in total. The molecule has 1 rings (SSSR count). The summed E-state index contributed by atoms with van der Waals surface area (Å²) in [5.74, 6) is 0.693. The van der Waals surface area contributed by atoms with E-state index in [9.17, 15) is 10.1 Å². The lowest BCUT2D eigenvalue weighted by molar-refractivity contribution is -0.384. The maximum absolute atomic E-state index is 10.7. The van der Waals surface area contributed by atoms with Gasteiger partial charge in [0.05, 0.1) is 4.92 Å². The first-order valence-corrected chi connectivity index (χ1v) is 6.81. The predicted molar refractivity (Wildman–Crippen MR) is 75.1 cm³/mol. The number of aliphatic hydroxyl groups is 1. The fourth-order valence-electron chi connectivity index (χ4n) is 1.55. The van der Waals surface area contributed by atoms with Crippen LogP contribution in [0.4, 0.5) is 11.4 Å². The number of hydrogen-bond donors (Lipinski definition) is 2. The SMILES string of the molecule is CNc1ccc([N+](=O)[O-])cc1CSC(C)CCO. The molecular weight excluding hydrogens is 252 g/mol. The van der Waals surface area contributed by atoms with E-state index in [1.54, 1.807) is 30.9 Å². The Morgan fingerprint density at radius 3 is 2.83 bits per heavy atom. The molecule has 0 heterocycles. The Labute approximate surface area is 111 Å². The summed E-state index contributed by atoms with van der Waals surface area (Å²) in [5.41, 5.74) is 1.94. The van der Waals surface area contributed by atoms with Crippen molar-refractivity contribution in [3.8, 4) is 0 Å². The number of aliphatic hydroxyl groups excluding tert-OH is 1. The van der Waals surface area contributed by atoms with Crippen LogP contribution in [0.3, 0.4) is 0 Å². The number of anilines is 1. The number of nitrogens with one attached hydrogen (secondary N) is 1. The molecule has 1 aromatic carbocycles. The van der Waals surface area contributed by atoms with Gasteiger partial charge in [0.1, 0.15) is 0 Å². The van der Waals surface area contributed by atoms with E-state index in [0.717, 1.165) is 17.7 Å². The molecule has 6 heteroatoms. The highest BCUT2D eigenvalue weighted by atomic mass is 32.2. The quantitative estimate of drug-likeness (QED) is 0.588. The van der Waals surface area contributed by atoms with Gasteiger partial charge in [0.2, 0.25) is 0 Å². The van der Waals surface area contributed by atoms with Gasteiger partial charge in [0.25, 0.3) is 5.69 Å². The maximum Gasteiger partial charge on any atom is 0.269 e. The summed E-state index contributed by atoms with van der Waals surface area (Å²) in [6, 6.07) is 4.83. The number of non-ortho nitro benzene ring substituents is 1. The molecule has 0 saturated heterocycles. The van der Waals surface area contributed by atoms with E-state index < -0.39 is 0 Å². The minimum absolute atomic E-state index is 0.111. The Balaban J connectivity index is 2.78. The number of nitrogens with zero attached hydrogens (tertiary/aromatic N) is 1. The summed E-state index contributed by atoms with van der Waals surface area (Å²) < 4.78 is 0. The first kappa shape index (κ1) is 14.8. The minimum Gasteiger partial charge on any atom is -0.396 e. The fraction of sp³-hybridized carbons (Fsp3) is 0.500. The Bertz CT molecular complexity index is 412. The molecule has 0 aliphatic heterocycles. The van der Waals surface area contributed by atoms with Crippen molar-refractivity contribution in [2.24, 2.45) is 0 Å². The Morgan fingerprint density at radius 2 is 2.28 bits per heavy atom. The lowest BCUT2D eigenvalue weighted by Crippen LogP contribution is -2.02. The molecular formula is C12H18N2O3S. The monoisotopic (exact) mass is 270 g/mol. The van der Waals surface area contributed by atoms with Crippen LogP contribution in [-0.4, -0.2) is 28.9 Å². The second-order valence-electron chi connectivity index (χ2n) is 3.98. The van der Waals surface area contributed by atoms with Gasteiger partial charge in [-0.25, -0.2) is 0 Å². The van der Waals surface area contributed by atoms with Crippen LogP contribution in [0.25, 0.3) is 0 Å². The molecule has 0 aliphatic rings. The van der Waals surface area contributed by atoms with E-state index in [1.807, 2.05) is 6.92 Å². The van der Waals surface area contributed by atoms with Crippen LogP contribution in [0.5, 0.6) is 0 Å². The average Bonchev–Trinajstić information content (AvgIpc) is 2.36. The zero-order valence-electron chi connectivity index (χ0n) is 10.5. The van der Waals surface area contributed by atoms with Gasteiger partial charge in [-0.05, 0) is 18.1 Å². The van der Waals surface area contributed by atoms with Crippen LogP contribution < -0.4 is 5.32 Å². The number of thioether (sulfide) groups is 1. The third-order valence-corrected chi connectivity index (χ3v) is 3.91. The van der Waals surface area contributed by atoms with Gasteiger partial charge in [-0.2, -0.15) is 11.8 Å². The summed E-state index contributed by atoms with van der Waals surface area (Å²) in [6.45, 7) is 2.21. The maximum atomic E-state index is 10.7. The number of nitro benzene ring substituents is 1. The van der Waals surface area contributed by atoms with Gasteiger partial charge >= 0.3 is 0 Å². The van der Waals surface area contributed by atoms with Crippen LogP contribution >= 0.6 is 11.8 Å². The molecule has 1 atom stereocenters. The van der Waals surface area contributed by atoms with Crippen molar-refractivity contribution < 1.29 is 10.0 Å². The molecule has 0 saturated carbocycles. The first-order chi connectivity index (χ1) is 8.58. The zero-order valence-corrected chi connectivity index (χ0v) is 11.4. The number of nitro groups is 1. The normalized spacial score (nSPS) is 12.2. The highest BCUT2D eigenvalue weighted by Crippen LogP contribution is 2.28. The van der Waals surface area contributed by atoms with Gasteiger partial charge in [0, 0.05) is 42.5 Å². The second kappa shape index (κ2) is 7.23. The van der Waals surface area contributed by atoms with Gasteiger partial charge < -0.3 is 10.4 Å². The lowest BCUT2D eigenvalue weighted by Gasteiger charge is -2.12. The van der Waals surface area contributed by atoms with E-state index in [1.165, 1.54) is 6.07 Å². The number of hydrogen-bond acceptors (Lipinski definition) is 5. The topological polar surface area (TPSA) is 75.4 Å². The Hall–Kier alpha value is -1.27. The summed E-state index contributed by atoms with van der Waals surface area (Å²) in [5, 5.41) is 22.9. The largest absolute Gasteiger partial charge is 0.396 e. The molecule has 100 valence electrons. The average molecular weight is 270 g/mol. The van der Waals surface area contributed by atoms with E-state index in [4.69, 9.17) is 5.11 Å². The van der Waals surface area contributed by atoms with E-state index in [-0.39, 0.29) is 17.2 Å². The molecule has 0 aliphatic carbocycles. The summed E-state index contributed by atoms with van der Waals surface area (Å²) >= 11 is 1.68. The highest BCUT2D eigenvalue weighted by Gasteiger charge is 2.11. The molecule has 2 N–H and O–H groups in total. The van der Waals surface area contributed by atoms with Crippen LogP contribution in [-0.2, 0) is 5.75 Å². The summed E-state index contributed by atoms with van der Waals surface area (Å²) in [4.78, 5) is 10.4. The van der Waals surface area contributed by atoms with Crippen molar-refractivity contribution in [2.75, 3.05) is 19.0 Å². The van der Waals surface area contributed by atoms with Crippen molar-refractivity contribution >= 4 is 23.1 Å². The Kier molecular flexibility index (Phi) is 5.94. The van der Waals surface area contributed by atoms with Crippen molar-refractivity contribution in [2.45, 2.75) is 24.3 Å². The molecule has 0 bridgehead atoms. The van der Waals surface area contributed by atoms with Gasteiger partial charge in [-0.15, -0.1) is 0 Å². The lowest BCUT2D eigenvalue weighted by atomic mass is 10.2. The standard InChI is InChI=1S/C12H18N2O3S/c1-9(5-6-15)18-8-10-7-11(14(16)17)3-4-12(10)13-2/h3-4,7,9,13,15H,5-6,8H2,1-2H3. The summed E-state index contributed by atoms with van der Waals surface area (Å²) in [7, 11) is 1.80. The Morgan fingerprint density at radius 1 is 1.56 bits per heavy atom.